The molecule has 7 heteroatoms. The van der Waals surface area contributed by atoms with Crippen LogP contribution in [0.3, 0.4) is 0 Å². The van der Waals surface area contributed by atoms with Crippen LogP contribution in [0.1, 0.15) is 28.8 Å². The van der Waals surface area contributed by atoms with E-state index in [1.54, 1.807) is 12.1 Å². The summed E-state index contributed by atoms with van der Waals surface area (Å²) in [5, 5.41) is 10.6. The highest BCUT2D eigenvalue weighted by molar-refractivity contribution is 6.30. The van der Waals surface area contributed by atoms with E-state index in [9.17, 15) is 14.7 Å². The number of benzene rings is 1. The number of carbonyl (C=O) groups excluding carboxylic acids is 2. The van der Waals surface area contributed by atoms with Gasteiger partial charge in [-0.3, -0.25) is 14.6 Å². The Kier molecular flexibility index (Phi) is 5.54. The van der Waals surface area contributed by atoms with Gasteiger partial charge in [-0.1, -0.05) is 23.7 Å². The number of Topliss-reactive ketones (excluding diaryl/α,β-unsaturated/α-hetero) is 1. The molecular formula is C19H20ClN3O3. The van der Waals surface area contributed by atoms with Crippen LogP contribution in [0.5, 0.6) is 0 Å². The van der Waals surface area contributed by atoms with E-state index >= 15 is 0 Å². The van der Waals surface area contributed by atoms with E-state index in [0.717, 1.165) is 5.56 Å². The van der Waals surface area contributed by atoms with Crippen LogP contribution in [0.2, 0.25) is 5.02 Å². The summed E-state index contributed by atoms with van der Waals surface area (Å²) in [5.74, 6) is -0.409. The SMILES string of the molecule is Nc1cncc(C(=O)N2C[C@H](O)C[C@H]2C(=O)CCc2ccc(Cl)cc2)c1. The number of rotatable bonds is 5. The molecule has 6 nitrogen and oxygen atoms in total. The zero-order chi connectivity index (χ0) is 18.7. The van der Waals surface area contributed by atoms with E-state index in [1.165, 1.54) is 23.4 Å². The van der Waals surface area contributed by atoms with Gasteiger partial charge in [0.25, 0.3) is 5.91 Å². The summed E-state index contributed by atoms with van der Waals surface area (Å²) in [6, 6.07) is 8.20. The monoisotopic (exact) mass is 373 g/mol. The summed E-state index contributed by atoms with van der Waals surface area (Å²) in [5.41, 5.74) is 7.37. The van der Waals surface area contributed by atoms with Gasteiger partial charge >= 0.3 is 0 Å². The second-order valence-electron chi connectivity index (χ2n) is 6.46. The topological polar surface area (TPSA) is 96.5 Å². The van der Waals surface area contributed by atoms with Crippen molar-refractivity contribution in [2.45, 2.75) is 31.4 Å². The molecule has 26 heavy (non-hydrogen) atoms. The van der Waals surface area contributed by atoms with Gasteiger partial charge in [0.1, 0.15) is 0 Å². The maximum absolute atomic E-state index is 12.7. The summed E-state index contributed by atoms with van der Waals surface area (Å²) in [6.45, 7) is 0.130. The van der Waals surface area contributed by atoms with E-state index in [0.29, 0.717) is 22.7 Å². The molecule has 3 N–H and O–H groups in total. The molecule has 1 aliphatic heterocycles. The summed E-state index contributed by atoms with van der Waals surface area (Å²) < 4.78 is 0. The van der Waals surface area contributed by atoms with Crippen LogP contribution in [0.15, 0.2) is 42.7 Å². The van der Waals surface area contributed by atoms with Crippen molar-refractivity contribution in [3.05, 3.63) is 58.9 Å². The average Bonchev–Trinajstić information content (AvgIpc) is 3.02. The predicted molar refractivity (Wildman–Crippen MR) is 98.9 cm³/mol. The lowest BCUT2D eigenvalue weighted by molar-refractivity contribution is -0.122. The van der Waals surface area contributed by atoms with E-state index < -0.39 is 12.1 Å². The number of halogens is 1. The van der Waals surface area contributed by atoms with Crippen molar-refractivity contribution in [2.75, 3.05) is 12.3 Å². The van der Waals surface area contributed by atoms with Gasteiger partial charge in [-0.05, 0) is 30.2 Å². The standard InChI is InChI=1S/C19H20ClN3O3/c20-14-4-1-12(2-5-14)3-6-18(25)17-8-16(24)11-23(17)19(26)13-7-15(21)10-22-9-13/h1-2,4-5,7,9-10,16-17,24H,3,6,8,11,21H2/t16-,17+/m1/s1. The minimum atomic E-state index is -0.711. The maximum atomic E-state index is 12.7. The smallest absolute Gasteiger partial charge is 0.256 e. The Hall–Kier alpha value is -2.44. The molecule has 1 aliphatic rings. The fourth-order valence-corrected chi connectivity index (χ4v) is 3.30. The van der Waals surface area contributed by atoms with Crippen molar-refractivity contribution in [3.63, 3.8) is 0 Å². The zero-order valence-corrected chi connectivity index (χ0v) is 14.9. The number of amides is 1. The molecule has 136 valence electrons. The fourth-order valence-electron chi connectivity index (χ4n) is 3.17. The molecule has 0 unspecified atom stereocenters. The normalized spacial score (nSPS) is 19.5. The quantitative estimate of drug-likeness (QED) is 0.836. The molecule has 1 aromatic carbocycles. The molecule has 1 saturated heterocycles. The number of ketones is 1. The molecule has 1 aromatic heterocycles. The summed E-state index contributed by atoms with van der Waals surface area (Å²) in [7, 11) is 0. The summed E-state index contributed by atoms with van der Waals surface area (Å²) in [4.78, 5) is 30.7. The predicted octanol–water partition coefficient (Wildman–Crippen LogP) is 2.09. The number of aliphatic hydroxyl groups excluding tert-OH is 1. The lowest BCUT2D eigenvalue weighted by atomic mass is 10.0. The molecule has 1 fully saturated rings. The number of nitrogens with two attached hydrogens (primary N) is 1. The van der Waals surface area contributed by atoms with E-state index in [-0.39, 0.29) is 31.1 Å². The third-order valence-corrected chi connectivity index (χ3v) is 4.74. The molecular weight excluding hydrogens is 354 g/mol. The van der Waals surface area contributed by atoms with Crippen LogP contribution >= 0.6 is 11.6 Å². The van der Waals surface area contributed by atoms with Crippen molar-refractivity contribution in [2.24, 2.45) is 0 Å². The number of anilines is 1. The Morgan fingerprint density at radius 2 is 2.00 bits per heavy atom. The number of hydrogen-bond donors (Lipinski definition) is 2. The van der Waals surface area contributed by atoms with Gasteiger partial charge in [0, 0.05) is 36.8 Å². The molecule has 0 saturated carbocycles. The number of hydrogen-bond acceptors (Lipinski definition) is 5. The lowest BCUT2D eigenvalue weighted by Crippen LogP contribution is -2.40. The number of carbonyl (C=O) groups is 2. The molecule has 3 rings (SSSR count). The van der Waals surface area contributed by atoms with E-state index in [1.807, 2.05) is 12.1 Å². The van der Waals surface area contributed by atoms with E-state index in [4.69, 9.17) is 17.3 Å². The van der Waals surface area contributed by atoms with E-state index in [2.05, 4.69) is 4.98 Å². The highest BCUT2D eigenvalue weighted by Gasteiger charge is 2.38. The summed E-state index contributed by atoms with van der Waals surface area (Å²) in [6.07, 6.45) is 3.25. The van der Waals surface area contributed by atoms with Gasteiger partial charge in [-0.2, -0.15) is 0 Å². The van der Waals surface area contributed by atoms with Crippen molar-refractivity contribution >= 4 is 29.0 Å². The zero-order valence-electron chi connectivity index (χ0n) is 14.1. The van der Waals surface area contributed by atoms with Crippen LogP contribution in [0.25, 0.3) is 0 Å². The van der Waals surface area contributed by atoms with Gasteiger partial charge < -0.3 is 15.7 Å². The average molecular weight is 374 g/mol. The van der Waals surface area contributed by atoms with Crippen LogP contribution in [0.4, 0.5) is 5.69 Å². The number of nitrogens with zero attached hydrogens (tertiary/aromatic N) is 2. The Bertz CT molecular complexity index is 810. The molecule has 2 atom stereocenters. The minimum absolute atomic E-state index is 0.0679. The molecule has 2 aromatic rings. The number of aromatic nitrogens is 1. The first kappa shape index (κ1) is 18.4. The van der Waals surface area contributed by atoms with Gasteiger partial charge in [0.2, 0.25) is 0 Å². The second-order valence-corrected chi connectivity index (χ2v) is 6.90. The third kappa shape index (κ3) is 4.20. The Labute approximate surface area is 156 Å². The largest absolute Gasteiger partial charge is 0.397 e. The first-order valence-corrected chi connectivity index (χ1v) is 8.78. The van der Waals surface area contributed by atoms with Crippen LogP contribution < -0.4 is 5.73 Å². The third-order valence-electron chi connectivity index (χ3n) is 4.49. The van der Waals surface area contributed by atoms with Gasteiger partial charge in [-0.15, -0.1) is 0 Å². The Balaban J connectivity index is 1.69. The van der Waals surface area contributed by atoms with Crippen LogP contribution in [-0.2, 0) is 11.2 Å². The number of likely N-dealkylation sites (tertiary alicyclic amines) is 1. The number of β-amino-alcohol motifs (C(OH)–C–C–N with tert-alkyl or cyclic N) is 1. The van der Waals surface area contributed by atoms with Gasteiger partial charge in [0.15, 0.2) is 5.78 Å². The highest BCUT2D eigenvalue weighted by Crippen LogP contribution is 2.23. The first-order chi connectivity index (χ1) is 12.4. The van der Waals surface area contributed by atoms with Gasteiger partial charge in [0.05, 0.1) is 23.4 Å². The Morgan fingerprint density at radius 1 is 1.27 bits per heavy atom. The lowest BCUT2D eigenvalue weighted by Gasteiger charge is -2.23. The maximum Gasteiger partial charge on any atom is 0.256 e. The molecule has 0 aliphatic carbocycles. The number of aliphatic hydroxyl groups is 1. The first-order valence-electron chi connectivity index (χ1n) is 8.41. The second kappa shape index (κ2) is 7.85. The van der Waals surface area contributed by atoms with Crippen molar-refractivity contribution in [3.8, 4) is 0 Å². The number of aryl methyl sites for hydroxylation is 1. The number of pyridine rings is 1. The Morgan fingerprint density at radius 3 is 2.69 bits per heavy atom. The van der Waals surface area contributed by atoms with Crippen LogP contribution in [-0.4, -0.2) is 45.4 Å². The van der Waals surface area contributed by atoms with Gasteiger partial charge in [-0.25, -0.2) is 0 Å². The molecule has 0 bridgehead atoms. The fraction of sp³-hybridized carbons (Fsp3) is 0.316. The van der Waals surface area contributed by atoms with Crippen molar-refractivity contribution < 1.29 is 14.7 Å². The van der Waals surface area contributed by atoms with Crippen molar-refractivity contribution in [1.82, 2.24) is 9.88 Å². The minimum Gasteiger partial charge on any atom is -0.397 e. The molecule has 1 amide bonds. The van der Waals surface area contributed by atoms with Crippen LogP contribution in [0, 0.1) is 0 Å². The molecule has 2 heterocycles. The summed E-state index contributed by atoms with van der Waals surface area (Å²) >= 11 is 5.86. The molecule has 0 spiro atoms. The number of nitrogen functional groups attached to an aromatic ring is 1. The van der Waals surface area contributed by atoms with Crippen molar-refractivity contribution in [1.29, 1.82) is 0 Å². The highest BCUT2D eigenvalue weighted by atomic mass is 35.5. The molecule has 0 radical (unpaired) electrons.